The molecule has 0 spiro atoms. The predicted octanol–water partition coefficient (Wildman–Crippen LogP) is 30.0. The van der Waals surface area contributed by atoms with E-state index in [1.54, 1.807) is 84.9 Å². The molecule has 11 nitrogen and oxygen atoms in total. The number of nitriles is 6. The second kappa shape index (κ2) is 36.0. The Kier molecular flexibility index (Phi) is 23.1. The molecule has 4 heterocycles. The quantitative estimate of drug-likeness (QED) is 0.0483. The summed E-state index contributed by atoms with van der Waals surface area (Å²) >= 11 is 4.84. The molecule has 0 unspecified atom stereocenters. The molecule has 0 aliphatic heterocycles. The summed E-state index contributed by atoms with van der Waals surface area (Å²) in [7, 11) is 0. The molecule has 702 valence electrons. The summed E-state index contributed by atoms with van der Waals surface area (Å²) in [6, 6.07) is 103. The topological polar surface area (TPSA) is 228 Å². The molecule has 0 bridgehead atoms. The minimum atomic E-state index is -1.50. The van der Waals surface area contributed by atoms with E-state index < -0.39 is 44.9 Å². The second-order valence-corrected chi connectivity index (χ2v) is 42.4. The third kappa shape index (κ3) is 13.9. The molecule has 0 radical (unpaired) electrons. The van der Waals surface area contributed by atoms with Gasteiger partial charge in [-0.25, -0.2) is 17.6 Å². The molecule has 4 aromatic heterocycles. The van der Waals surface area contributed by atoms with Crippen LogP contribution in [-0.4, -0.2) is 29.9 Å². The highest BCUT2D eigenvalue weighted by molar-refractivity contribution is 7.18. The molecule has 0 N–H and O–H groups in total. The lowest BCUT2D eigenvalue weighted by molar-refractivity contribution is 0.100. The lowest BCUT2D eigenvalue weighted by Crippen LogP contribution is -2.32. The van der Waals surface area contributed by atoms with Crippen LogP contribution < -0.4 is 0 Å². The number of halogens is 4. The first-order valence-electron chi connectivity index (χ1n) is 47.4. The van der Waals surface area contributed by atoms with Gasteiger partial charge in [-0.05, 0) is 181 Å². The van der Waals surface area contributed by atoms with Crippen LogP contribution in [0.4, 0.5) is 17.6 Å². The van der Waals surface area contributed by atoms with Gasteiger partial charge in [-0.15, -0.1) is 45.3 Å². The number of Topliss-reactive ketones (excluding diaryl/α,β-unsaturated/α-hetero) is 3. The Bertz CT molecular complexity index is 8450. The molecule has 24 rings (SSSR count). The fraction of sp³-hybridized carbons (Fsp3) is 0.102. The number of allylic oxidation sites excluding steroid dienone is 8. The van der Waals surface area contributed by atoms with E-state index in [9.17, 15) is 45.0 Å². The number of hydrogen-bond acceptors (Lipinski definition) is 15. The number of benzene rings is 13. The first-order valence-corrected chi connectivity index (χ1v) is 50.6. The largest absolute Gasteiger partial charge is 0.297 e. The van der Waals surface area contributed by atoms with Crippen molar-refractivity contribution in [1.82, 2.24) is 0 Å². The van der Waals surface area contributed by atoms with Crippen LogP contribution in [-0.2, 0) is 21.7 Å². The number of nitrogens with zero attached hydrogens (tertiary/aromatic N) is 6. The van der Waals surface area contributed by atoms with Gasteiger partial charge in [0.15, 0.2) is 29.9 Å². The minimum absolute atomic E-state index is 0.0244. The maximum atomic E-state index is 20.0. The van der Waals surface area contributed by atoms with E-state index in [1.807, 2.05) is 310 Å². The number of carbonyl (C=O) groups excluding carboxylic acids is 5. The van der Waals surface area contributed by atoms with Crippen molar-refractivity contribution in [2.45, 2.75) is 83.5 Å². The first kappa shape index (κ1) is 94.3. The second-order valence-electron chi connectivity index (χ2n) is 38.0. The Labute approximate surface area is 861 Å². The Balaban J connectivity index is 0.000000155. The van der Waals surface area contributed by atoms with Gasteiger partial charge in [0.2, 0.25) is 0 Å². The average Bonchev–Trinajstić information content (AvgIpc) is 1.49. The minimum Gasteiger partial charge on any atom is -0.297 e. The molecule has 0 fully saturated rings. The summed E-state index contributed by atoms with van der Waals surface area (Å²) in [6.45, 7) is 15.9. The van der Waals surface area contributed by atoms with E-state index in [0.717, 1.165) is 84.9 Å². The highest BCUT2D eigenvalue weighted by Gasteiger charge is 2.61. The van der Waals surface area contributed by atoms with Crippen molar-refractivity contribution in [1.29, 1.82) is 31.6 Å². The van der Waals surface area contributed by atoms with Crippen molar-refractivity contribution in [3.8, 4) is 78.2 Å². The maximum absolute atomic E-state index is 20.0. The average molecular weight is 1980 g/mol. The van der Waals surface area contributed by atoms with E-state index in [-0.39, 0.29) is 107 Å². The van der Waals surface area contributed by atoms with Crippen molar-refractivity contribution in [2.75, 3.05) is 0 Å². The SMILES string of the molecule is Cc1ccc(C2(c3ccc(C)cc3)c3cc(/C=C4\C(=O)c5ccccc5C4=C(C#N)C#N)sc3-c3c(F)c4c(c(F)c32)-c2sc(/C=C3\C(=O)c5ccccc5C3=C(C#N)C#N)cc2C4(c2ccc(C)cc2)c2ccc(C)cc2)cc1.Cc1ccc(C2(c3ccc(C)cc3)c3cc(C=O)sc3-c3c(F)c4c(c(F)c32)-c2sc(C=O)cc2C4(c2ccc(C)cc2)c2ccc(C)cc2)cc1.N#CC(C#N)=C1CC(=O)c2ccccc21. The monoisotopic (exact) mass is 1980 g/mol. The van der Waals surface area contributed by atoms with Gasteiger partial charge in [0.25, 0.3) is 0 Å². The number of aryl methyl sites for hydroxylation is 8. The summed E-state index contributed by atoms with van der Waals surface area (Å²) in [5, 5.41) is 58.5. The van der Waals surface area contributed by atoms with Gasteiger partial charge in [0, 0.05) is 119 Å². The number of rotatable bonds is 12. The van der Waals surface area contributed by atoms with Crippen LogP contribution >= 0.6 is 45.3 Å². The highest BCUT2D eigenvalue weighted by atomic mass is 32.1. The summed E-state index contributed by atoms with van der Waals surface area (Å²) in [5.41, 5.74) is 15.8. The smallest absolute Gasteiger partial charge is 0.194 e. The molecule has 19 heteroatoms. The van der Waals surface area contributed by atoms with Crippen LogP contribution in [0.25, 0.3) is 70.6 Å². The lowest BCUT2D eigenvalue weighted by Gasteiger charge is -2.36. The fourth-order valence-electron chi connectivity index (χ4n) is 23.1. The van der Waals surface area contributed by atoms with Crippen LogP contribution in [0.15, 0.2) is 319 Å². The standard InChI is InChI=1S/C70H40F2N4O2S2.C46H32F2O2S2.C12H6N2O/c1-37-13-21-43(22-14-37)69(44-23-15-38(2)16-24-44)55-31-47(29-53-57(41(33-73)34-74)49-9-5-7-11-51(49)65(53)77)79-67(55)59-61(69)63(71)60-62(64(59)72)70(45-25-17-39(3)18-26-45,46-27-19-40(4)20-28-46)56-32-48(80-68(56)60)30-54-58(42(35-75)36-76)50-10-6-8-12-52(50)66(54)78;1-25-5-13-29(14-6-25)45(30-15-7-26(2)8-16-30)35-21-33(23-49)51-43(35)37-39(45)41(47)38-40(42(37)48)46(31-17-9-27(3)10-18-31,32-19-11-28(4)12-20-32)36-22-34(24-50)52-44(36)38;13-6-8(7-14)11-5-12(15)10-4-2-1-3-9(10)11/h5-32H,1-4H3;5-24H,1-4H3;1-4H,5H2/b53-29-,54-30-;;. The Morgan fingerprint density at radius 3 is 0.721 bits per heavy atom. The third-order valence-corrected chi connectivity index (χ3v) is 34.1. The third-order valence-electron chi connectivity index (χ3n) is 29.7. The number of thiophene rings is 4. The Hall–Kier alpha value is -17.6. The molecule has 17 aromatic rings. The zero-order valence-corrected chi connectivity index (χ0v) is 83.4. The van der Waals surface area contributed by atoms with E-state index in [4.69, 9.17) is 10.5 Å². The van der Waals surface area contributed by atoms with Gasteiger partial charge >= 0.3 is 0 Å². The number of aldehydes is 2. The lowest BCUT2D eigenvalue weighted by atomic mass is 9.65. The number of ketones is 3. The van der Waals surface area contributed by atoms with Gasteiger partial charge in [-0.2, -0.15) is 31.6 Å². The summed E-state index contributed by atoms with van der Waals surface area (Å²) < 4.78 is 77.5. The van der Waals surface area contributed by atoms with Crippen molar-refractivity contribution in [3.63, 3.8) is 0 Å². The summed E-state index contributed by atoms with van der Waals surface area (Å²) in [4.78, 5) is 69.3. The Morgan fingerprint density at radius 2 is 0.490 bits per heavy atom. The highest BCUT2D eigenvalue weighted by Crippen LogP contribution is 2.71. The van der Waals surface area contributed by atoms with Crippen molar-refractivity contribution in [3.05, 3.63) is 529 Å². The molecule has 0 atom stereocenters. The van der Waals surface area contributed by atoms with Gasteiger partial charge in [0.1, 0.15) is 76.4 Å². The summed E-state index contributed by atoms with van der Waals surface area (Å²) in [6.07, 6.45) is 5.09. The van der Waals surface area contributed by atoms with Gasteiger partial charge < -0.3 is 0 Å². The van der Waals surface area contributed by atoms with E-state index in [1.165, 1.54) is 45.3 Å². The number of fused-ring (bicyclic) bond motifs is 15. The van der Waals surface area contributed by atoms with Crippen LogP contribution in [0.5, 0.6) is 0 Å². The molecule has 7 aliphatic rings. The van der Waals surface area contributed by atoms with E-state index in [2.05, 4.69) is 0 Å². The van der Waals surface area contributed by atoms with Crippen molar-refractivity contribution < 1.29 is 41.5 Å². The first-order chi connectivity index (χ1) is 71.2. The number of carbonyl (C=O) groups is 5. The molecular weight excluding hydrogens is 1910 g/mol. The van der Waals surface area contributed by atoms with Gasteiger partial charge in [0.05, 0.1) is 31.4 Å². The molecule has 0 saturated carbocycles. The van der Waals surface area contributed by atoms with Crippen LogP contribution in [0, 0.1) is 147 Å². The molecule has 0 amide bonds. The van der Waals surface area contributed by atoms with E-state index >= 15 is 17.6 Å². The van der Waals surface area contributed by atoms with Gasteiger partial charge in [-0.3, -0.25) is 24.0 Å². The zero-order chi connectivity index (χ0) is 102. The maximum Gasteiger partial charge on any atom is 0.194 e. The molecule has 0 saturated heterocycles. The number of hydrogen-bond donors (Lipinski definition) is 0. The predicted molar refractivity (Wildman–Crippen MR) is 569 cm³/mol. The molecule has 147 heavy (non-hydrogen) atoms. The molecule has 7 aliphatic carbocycles. The van der Waals surface area contributed by atoms with E-state index in [0.29, 0.717) is 117 Å². The van der Waals surface area contributed by atoms with Crippen LogP contribution in [0.3, 0.4) is 0 Å². The van der Waals surface area contributed by atoms with Crippen LogP contribution in [0.2, 0.25) is 0 Å². The summed E-state index contributed by atoms with van der Waals surface area (Å²) in [5.74, 6) is -3.07. The van der Waals surface area contributed by atoms with Crippen molar-refractivity contribution >= 4 is 104 Å². The normalized spacial score (nSPS) is 14.9. The fourth-order valence-corrected chi connectivity index (χ4v) is 27.7. The molecule has 13 aromatic carbocycles. The zero-order valence-electron chi connectivity index (χ0n) is 80.1. The van der Waals surface area contributed by atoms with Crippen LogP contribution in [0.1, 0.15) is 217 Å². The van der Waals surface area contributed by atoms with Gasteiger partial charge in [-0.1, -0.05) is 311 Å². The van der Waals surface area contributed by atoms with Crippen molar-refractivity contribution in [2.24, 2.45) is 0 Å². The Morgan fingerprint density at radius 1 is 0.279 bits per heavy atom. The molecular formula is C128H78F4N6O5S4.